The van der Waals surface area contributed by atoms with Crippen LogP contribution in [0.25, 0.3) is 0 Å². The van der Waals surface area contributed by atoms with Gasteiger partial charge in [-0.25, -0.2) is 38.5 Å². The number of ether oxygens (including phenoxy) is 6. The van der Waals surface area contributed by atoms with Gasteiger partial charge in [-0.2, -0.15) is 0 Å². The van der Waals surface area contributed by atoms with Crippen LogP contribution in [-0.2, 0) is 88.4 Å². The molecule has 2 amide bonds. The molecule has 4 aromatic rings. The van der Waals surface area contributed by atoms with Crippen molar-refractivity contribution in [1.29, 1.82) is 0 Å². The van der Waals surface area contributed by atoms with Crippen LogP contribution in [0.5, 0.6) is 11.5 Å². The predicted octanol–water partition coefficient (Wildman–Crippen LogP) is 4.57. The van der Waals surface area contributed by atoms with Crippen LogP contribution in [0.15, 0.2) is 135 Å². The maximum atomic E-state index is 13.1. The Morgan fingerprint density at radius 3 is 1.37 bits per heavy atom. The van der Waals surface area contributed by atoms with Crippen LogP contribution in [0.3, 0.4) is 0 Å². The Hall–Kier alpha value is -7.50. The van der Waals surface area contributed by atoms with Gasteiger partial charge < -0.3 is 57.0 Å². The fourth-order valence-electron chi connectivity index (χ4n) is 8.87. The molecule has 83 heavy (non-hydrogen) atoms. The normalized spacial score (nSPS) is 18.8. The number of nitrogens with one attached hydrogen (secondary N) is 1. The van der Waals surface area contributed by atoms with Gasteiger partial charge in [0, 0.05) is 70.2 Å². The summed E-state index contributed by atoms with van der Waals surface area (Å²) >= 11 is 0. The quantitative estimate of drug-likeness (QED) is 0.0263. The van der Waals surface area contributed by atoms with Crippen LogP contribution in [0, 0.1) is 22.7 Å². The van der Waals surface area contributed by atoms with Crippen molar-refractivity contribution >= 4 is 56.4 Å². The van der Waals surface area contributed by atoms with Gasteiger partial charge in [0.15, 0.2) is 0 Å². The molecule has 2 aliphatic rings. The predicted molar refractivity (Wildman–Crippen MR) is 304 cm³/mol. The summed E-state index contributed by atoms with van der Waals surface area (Å²) in [5.41, 5.74) is 8.04. The van der Waals surface area contributed by atoms with Crippen LogP contribution in [0.2, 0.25) is 0 Å². The van der Waals surface area contributed by atoms with Crippen molar-refractivity contribution in [3.8, 4) is 11.5 Å². The fourth-order valence-corrected chi connectivity index (χ4v) is 8.87. The number of carbonyl (C=O) groups excluding carboxylic acids is 8. The molecule has 6 rings (SSSR count). The van der Waals surface area contributed by atoms with Crippen LogP contribution in [0.1, 0.15) is 69.7 Å². The van der Waals surface area contributed by atoms with Crippen LogP contribution in [0.4, 0.5) is 9.59 Å². The van der Waals surface area contributed by atoms with Gasteiger partial charge >= 0.3 is 65.6 Å². The SMILES string of the molecule is C=CC[C@]1(C)[C@@H](C=O)CN(C(=O)OCc2ccccc2)[C@@H]1C(=O)OC.C=CC[C@]1(C)[C@@H](CNCc2ccc(OC)cc2)CN(C(=O)OCc2ccccc2)[C@@H]1C(=O)OC.CC(=O)OOC(C)=O.COc1ccc(CN)cc1.[B-]OC(C)=O.[Na+]. The van der Waals surface area contributed by atoms with E-state index >= 15 is 0 Å². The van der Waals surface area contributed by atoms with Gasteiger partial charge in [0.25, 0.3) is 0 Å². The Kier molecular flexibility index (Phi) is 34.6. The molecular formula is C60H77BN4NaO17. The Labute approximate surface area is 510 Å². The number of amides is 2. The molecule has 2 saturated heterocycles. The third-order valence-electron chi connectivity index (χ3n) is 13.2. The van der Waals surface area contributed by atoms with E-state index in [4.69, 9.17) is 34.2 Å². The summed E-state index contributed by atoms with van der Waals surface area (Å²) in [7, 11) is 10.2. The summed E-state index contributed by atoms with van der Waals surface area (Å²) in [4.78, 5) is 102. The Bertz CT molecular complexity index is 2620. The summed E-state index contributed by atoms with van der Waals surface area (Å²) in [5, 5.41) is 3.48. The molecule has 3 radical (unpaired) electrons. The molecule has 2 aliphatic heterocycles. The fraction of sp³-hybridized carbons (Fsp3) is 0.400. The number of nitrogens with zero attached hydrogens (tertiary/aromatic N) is 2. The van der Waals surface area contributed by atoms with Crippen molar-refractivity contribution in [2.45, 2.75) is 85.8 Å². The Morgan fingerprint density at radius 1 is 0.614 bits per heavy atom. The summed E-state index contributed by atoms with van der Waals surface area (Å²) in [6.07, 6.45) is 4.02. The van der Waals surface area contributed by atoms with Gasteiger partial charge in [-0.1, -0.05) is 111 Å². The van der Waals surface area contributed by atoms with Gasteiger partial charge in [0.1, 0.15) is 43.1 Å². The minimum Gasteiger partial charge on any atom is -0.793 e. The number of esters is 2. The van der Waals surface area contributed by atoms with Gasteiger partial charge in [0.2, 0.25) is 5.97 Å². The first-order valence-electron chi connectivity index (χ1n) is 25.8. The molecule has 3 N–H and O–H groups in total. The van der Waals surface area contributed by atoms with Gasteiger partial charge in [0.05, 0.1) is 28.4 Å². The molecule has 21 nitrogen and oxygen atoms in total. The number of nitrogens with two attached hydrogens (primary N) is 1. The van der Waals surface area contributed by atoms with E-state index in [0.29, 0.717) is 39.0 Å². The average molecular weight is 1160 g/mol. The zero-order valence-corrected chi connectivity index (χ0v) is 51.2. The topological polar surface area (TPSA) is 264 Å². The number of hydrogen-bond acceptors (Lipinski definition) is 19. The average Bonchev–Trinajstić information content (AvgIpc) is 4.16. The molecule has 2 fully saturated rings. The van der Waals surface area contributed by atoms with E-state index < -0.39 is 70.9 Å². The molecule has 0 bridgehead atoms. The molecule has 0 saturated carbocycles. The Morgan fingerprint density at radius 2 is 1.01 bits per heavy atom. The van der Waals surface area contributed by atoms with E-state index in [2.05, 4.69) is 41.0 Å². The number of hydrogen-bond donors (Lipinski definition) is 2. The third-order valence-corrected chi connectivity index (χ3v) is 13.2. The third kappa shape index (κ3) is 24.1. The molecule has 0 aliphatic carbocycles. The van der Waals surface area contributed by atoms with Crippen molar-refractivity contribution < 1.29 is 111 Å². The first kappa shape index (κ1) is 73.5. The maximum absolute atomic E-state index is 13.1. The summed E-state index contributed by atoms with van der Waals surface area (Å²) in [5.74, 6) is -1.58. The number of benzene rings is 4. The number of allylic oxidation sites excluding steroid dienone is 2. The van der Waals surface area contributed by atoms with E-state index in [0.717, 1.165) is 53.9 Å². The Balaban J connectivity index is 0.000000608. The van der Waals surface area contributed by atoms with E-state index in [-0.39, 0.29) is 55.2 Å². The summed E-state index contributed by atoms with van der Waals surface area (Å²) < 4.78 is 34.7. The number of likely N-dealkylation sites (tertiary alicyclic amines) is 2. The summed E-state index contributed by atoms with van der Waals surface area (Å²) in [6.45, 7) is 17.5. The second-order valence-corrected chi connectivity index (χ2v) is 19.0. The smallest absolute Gasteiger partial charge is 0.793 e. The van der Waals surface area contributed by atoms with Crippen molar-refractivity contribution in [1.82, 2.24) is 15.1 Å². The minimum absolute atomic E-state index is 0. The molecule has 443 valence electrons. The maximum Gasteiger partial charge on any atom is 1.00 e. The molecular weight excluding hydrogens is 1080 g/mol. The van der Waals surface area contributed by atoms with Crippen LogP contribution < -0.4 is 50.1 Å². The first-order valence-corrected chi connectivity index (χ1v) is 25.8. The monoisotopic (exact) mass is 1160 g/mol. The molecule has 0 spiro atoms. The number of aldehydes is 1. The molecule has 0 aromatic heterocycles. The molecule has 23 heteroatoms. The number of methoxy groups -OCH3 is 4. The number of rotatable bonds is 18. The van der Waals surface area contributed by atoms with E-state index in [1.807, 2.05) is 116 Å². The van der Waals surface area contributed by atoms with Crippen molar-refractivity contribution in [2.24, 2.45) is 28.4 Å². The first-order chi connectivity index (χ1) is 39.2. The van der Waals surface area contributed by atoms with E-state index in [1.54, 1.807) is 33.3 Å². The second-order valence-electron chi connectivity index (χ2n) is 19.0. The molecule has 6 atom stereocenters. The zero-order valence-electron chi connectivity index (χ0n) is 49.2. The minimum atomic E-state index is -0.894. The van der Waals surface area contributed by atoms with Crippen molar-refractivity contribution in [3.05, 3.63) is 157 Å². The zero-order chi connectivity index (χ0) is 61.3. The van der Waals surface area contributed by atoms with Gasteiger partial charge in [-0.15, -0.1) is 13.2 Å². The van der Waals surface area contributed by atoms with Crippen molar-refractivity contribution in [2.75, 3.05) is 48.1 Å². The number of carbonyl (C=O) groups is 8. The van der Waals surface area contributed by atoms with Crippen molar-refractivity contribution in [3.63, 3.8) is 0 Å². The van der Waals surface area contributed by atoms with Crippen LogP contribution in [-0.4, -0.2) is 126 Å². The van der Waals surface area contributed by atoms with Gasteiger partial charge in [-0.3, -0.25) is 14.6 Å². The summed E-state index contributed by atoms with van der Waals surface area (Å²) in [6, 6.07) is 32.6. The van der Waals surface area contributed by atoms with Crippen LogP contribution >= 0.6 is 0 Å². The molecule has 2 heterocycles. The van der Waals surface area contributed by atoms with Gasteiger partial charge in [-0.05, 0) is 65.3 Å². The van der Waals surface area contributed by atoms with E-state index in [9.17, 15) is 38.4 Å². The molecule has 4 aromatic carbocycles. The molecule has 0 unspecified atom stereocenters. The largest absolute Gasteiger partial charge is 1.00 e. The second kappa shape index (κ2) is 39.1. The standard InChI is InChI=1S/C27H34N2O5.C19H23NO5.C8H11NO.C4H6O4.C2H3BO2.Na/c1-5-15-27(2)22(17-28-16-20-11-13-23(32-3)14-12-20)18-29(24(27)25(30)33-4)26(31)34-19-21-9-7-6-8-10-21;1-4-10-19(2)15(12-21)11-20(16(19)17(22)24-3)18(23)25-13-14-8-6-5-7-9-14;1-10-8-4-2-7(6-9)3-5-8;1-3(5)7-8-4(2)6;1-2(4)5-3;/h5-14,22,24,28H,1,15-19H2,2-4H3;4-9,12,15-16H,1,10-11,13H2,2-3H3;2-5H,6,9H2,1H3;1-2H3;1H3;/q;;;;-1;+1/t22-,24+,27+;15-,16-,19-;;;;/m01..../s1. The van der Waals surface area contributed by atoms with E-state index in [1.165, 1.54) is 30.9 Å².